The average Bonchev–Trinajstić information content (AvgIpc) is 3.27. The lowest BCUT2D eigenvalue weighted by Gasteiger charge is -2.14. The van der Waals surface area contributed by atoms with Crippen LogP contribution in [0.3, 0.4) is 0 Å². The van der Waals surface area contributed by atoms with Crippen LogP contribution in [0.4, 0.5) is 5.69 Å². The standard InChI is InChI=1S/C26H17BrClN3O3S/c1-33-23-19(12-15-4-2-3-5-18(15)22(23)27)24(32)31-26(35)29-17-9-6-14(7-10-17)25-30-20-13-16(28)8-11-21(20)34-25/h2-13H,1H3,(H2,29,31,32,35). The Morgan fingerprint density at radius 2 is 1.86 bits per heavy atom. The first-order valence-electron chi connectivity index (χ1n) is 10.5. The zero-order valence-corrected chi connectivity index (χ0v) is 21.4. The van der Waals surface area contributed by atoms with Gasteiger partial charge in [-0.3, -0.25) is 10.1 Å². The van der Waals surface area contributed by atoms with E-state index in [2.05, 4.69) is 31.5 Å². The number of ether oxygens (including phenoxy) is 1. The Morgan fingerprint density at radius 3 is 2.63 bits per heavy atom. The van der Waals surface area contributed by atoms with Crippen LogP contribution < -0.4 is 15.4 Å². The number of hydrogen-bond donors (Lipinski definition) is 2. The molecule has 0 aliphatic rings. The largest absolute Gasteiger partial charge is 0.495 e. The van der Waals surface area contributed by atoms with Crippen LogP contribution in [-0.4, -0.2) is 23.1 Å². The third-order valence-electron chi connectivity index (χ3n) is 5.36. The number of oxazole rings is 1. The molecule has 6 nitrogen and oxygen atoms in total. The molecular weight excluding hydrogens is 550 g/mol. The number of nitrogens with one attached hydrogen (secondary N) is 2. The van der Waals surface area contributed by atoms with Gasteiger partial charge in [-0.2, -0.15) is 0 Å². The molecule has 5 aromatic rings. The molecule has 0 saturated heterocycles. The van der Waals surface area contributed by atoms with Gasteiger partial charge in [-0.15, -0.1) is 0 Å². The van der Waals surface area contributed by atoms with Gasteiger partial charge < -0.3 is 14.5 Å². The van der Waals surface area contributed by atoms with E-state index in [9.17, 15) is 4.79 Å². The van der Waals surface area contributed by atoms with Gasteiger partial charge in [-0.1, -0.05) is 35.9 Å². The van der Waals surface area contributed by atoms with Gasteiger partial charge in [0.1, 0.15) is 11.3 Å². The molecule has 0 unspecified atom stereocenters. The summed E-state index contributed by atoms with van der Waals surface area (Å²) in [6, 6.07) is 22.1. The highest BCUT2D eigenvalue weighted by Crippen LogP contribution is 2.36. The molecule has 0 radical (unpaired) electrons. The van der Waals surface area contributed by atoms with Crippen molar-refractivity contribution >= 4 is 78.3 Å². The van der Waals surface area contributed by atoms with Crippen LogP contribution in [0, 0.1) is 0 Å². The molecule has 0 aliphatic carbocycles. The minimum Gasteiger partial charge on any atom is -0.495 e. The summed E-state index contributed by atoms with van der Waals surface area (Å²) >= 11 is 14.9. The molecule has 1 amide bonds. The number of amides is 1. The molecule has 0 atom stereocenters. The lowest BCUT2D eigenvalue weighted by molar-refractivity contribution is 0.0975. The van der Waals surface area contributed by atoms with Crippen LogP contribution in [0.1, 0.15) is 10.4 Å². The topological polar surface area (TPSA) is 76.4 Å². The second kappa shape index (κ2) is 9.65. The van der Waals surface area contributed by atoms with E-state index in [4.69, 9.17) is 33.0 Å². The number of methoxy groups -OCH3 is 1. The summed E-state index contributed by atoms with van der Waals surface area (Å²) in [5.41, 5.74) is 3.21. The number of benzene rings is 4. The third kappa shape index (κ3) is 4.73. The first-order valence-corrected chi connectivity index (χ1v) is 12.0. The minimum absolute atomic E-state index is 0.158. The summed E-state index contributed by atoms with van der Waals surface area (Å²) in [4.78, 5) is 17.5. The van der Waals surface area contributed by atoms with Gasteiger partial charge in [0, 0.05) is 16.3 Å². The zero-order chi connectivity index (χ0) is 24.5. The van der Waals surface area contributed by atoms with Crippen LogP contribution in [0.2, 0.25) is 5.02 Å². The Kier molecular flexibility index (Phi) is 6.42. The second-order valence-corrected chi connectivity index (χ2v) is 9.25. The Balaban J connectivity index is 1.31. The number of fused-ring (bicyclic) bond motifs is 2. The number of hydrogen-bond acceptors (Lipinski definition) is 5. The number of thiocarbonyl (C=S) groups is 1. The first kappa shape index (κ1) is 23.3. The lowest BCUT2D eigenvalue weighted by Crippen LogP contribution is -2.34. The molecule has 0 aliphatic heterocycles. The number of anilines is 1. The molecule has 0 fully saturated rings. The van der Waals surface area contributed by atoms with Crippen LogP contribution in [0.5, 0.6) is 5.75 Å². The van der Waals surface area contributed by atoms with Gasteiger partial charge in [0.2, 0.25) is 5.89 Å². The van der Waals surface area contributed by atoms with Gasteiger partial charge in [0.05, 0.1) is 17.1 Å². The lowest BCUT2D eigenvalue weighted by atomic mass is 10.1. The van der Waals surface area contributed by atoms with Gasteiger partial charge >= 0.3 is 0 Å². The van der Waals surface area contributed by atoms with Gasteiger partial charge in [-0.05, 0) is 87.5 Å². The van der Waals surface area contributed by atoms with E-state index in [0.29, 0.717) is 43.5 Å². The summed E-state index contributed by atoms with van der Waals surface area (Å²) in [7, 11) is 1.52. The number of carbonyl (C=O) groups excluding carboxylic acids is 1. The number of nitrogens with zero attached hydrogens (tertiary/aromatic N) is 1. The fraction of sp³-hybridized carbons (Fsp3) is 0.0385. The van der Waals surface area contributed by atoms with Crippen molar-refractivity contribution in [1.82, 2.24) is 10.3 Å². The third-order valence-corrected chi connectivity index (χ3v) is 6.58. The normalized spacial score (nSPS) is 10.9. The summed E-state index contributed by atoms with van der Waals surface area (Å²) in [6.07, 6.45) is 0. The Hall–Kier alpha value is -3.46. The molecule has 174 valence electrons. The molecule has 1 aromatic heterocycles. The van der Waals surface area contributed by atoms with Gasteiger partial charge in [-0.25, -0.2) is 4.98 Å². The molecule has 35 heavy (non-hydrogen) atoms. The molecule has 0 saturated carbocycles. The van der Waals surface area contributed by atoms with Crippen LogP contribution >= 0.6 is 39.7 Å². The van der Waals surface area contributed by atoms with E-state index in [1.807, 2.05) is 48.5 Å². The van der Waals surface area contributed by atoms with E-state index in [-0.39, 0.29) is 11.0 Å². The van der Waals surface area contributed by atoms with Gasteiger partial charge in [0.15, 0.2) is 10.7 Å². The summed E-state index contributed by atoms with van der Waals surface area (Å²) in [6.45, 7) is 0. The fourth-order valence-corrected chi connectivity index (χ4v) is 4.82. The summed E-state index contributed by atoms with van der Waals surface area (Å²) in [5, 5.41) is 8.35. The highest BCUT2D eigenvalue weighted by atomic mass is 79.9. The summed E-state index contributed by atoms with van der Waals surface area (Å²) < 4.78 is 12.0. The van der Waals surface area contributed by atoms with Crippen molar-refractivity contribution in [1.29, 1.82) is 0 Å². The van der Waals surface area contributed by atoms with E-state index >= 15 is 0 Å². The van der Waals surface area contributed by atoms with Gasteiger partial charge in [0.25, 0.3) is 5.91 Å². The molecular formula is C26H17BrClN3O3S. The minimum atomic E-state index is -0.382. The first-order chi connectivity index (χ1) is 16.9. The smallest absolute Gasteiger partial charge is 0.261 e. The Morgan fingerprint density at radius 1 is 1.09 bits per heavy atom. The van der Waals surface area contributed by atoms with Crippen LogP contribution in [0.25, 0.3) is 33.3 Å². The van der Waals surface area contributed by atoms with Crippen molar-refractivity contribution in [2.24, 2.45) is 0 Å². The maximum atomic E-state index is 13.0. The molecule has 9 heteroatoms. The number of carbonyl (C=O) groups is 1. The number of halogens is 2. The predicted molar refractivity (Wildman–Crippen MR) is 146 cm³/mol. The van der Waals surface area contributed by atoms with Crippen molar-refractivity contribution in [3.05, 3.63) is 87.9 Å². The molecule has 2 N–H and O–H groups in total. The van der Waals surface area contributed by atoms with Crippen molar-refractivity contribution < 1.29 is 13.9 Å². The quantitative estimate of drug-likeness (QED) is 0.224. The molecule has 5 rings (SSSR count). The molecule has 1 heterocycles. The molecule has 4 aromatic carbocycles. The highest BCUT2D eigenvalue weighted by Gasteiger charge is 2.19. The molecule has 0 spiro atoms. The predicted octanol–water partition coefficient (Wildman–Crippen LogP) is 7.20. The monoisotopic (exact) mass is 565 g/mol. The average molecular weight is 567 g/mol. The number of rotatable bonds is 4. The van der Waals surface area contributed by atoms with E-state index in [1.165, 1.54) is 7.11 Å². The van der Waals surface area contributed by atoms with Crippen molar-refractivity contribution in [2.75, 3.05) is 12.4 Å². The molecule has 0 bridgehead atoms. The maximum Gasteiger partial charge on any atom is 0.261 e. The Labute approximate surface area is 219 Å². The van der Waals surface area contributed by atoms with Crippen molar-refractivity contribution in [3.63, 3.8) is 0 Å². The number of aromatic nitrogens is 1. The zero-order valence-electron chi connectivity index (χ0n) is 18.3. The fourth-order valence-electron chi connectivity index (χ4n) is 3.71. The van der Waals surface area contributed by atoms with Crippen molar-refractivity contribution in [2.45, 2.75) is 0 Å². The van der Waals surface area contributed by atoms with E-state index < -0.39 is 0 Å². The van der Waals surface area contributed by atoms with Crippen molar-refractivity contribution in [3.8, 4) is 17.2 Å². The van der Waals surface area contributed by atoms with E-state index in [0.717, 1.165) is 16.3 Å². The van der Waals surface area contributed by atoms with E-state index in [1.54, 1.807) is 24.3 Å². The summed E-state index contributed by atoms with van der Waals surface area (Å²) in [5.74, 6) is 0.541. The van der Waals surface area contributed by atoms with Crippen LogP contribution in [-0.2, 0) is 0 Å². The maximum absolute atomic E-state index is 13.0. The second-order valence-electron chi connectivity index (χ2n) is 7.61. The SMILES string of the molecule is COc1c(C(=O)NC(=S)Nc2ccc(-c3nc4cc(Cl)ccc4o3)cc2)cc2ccccc2c1Br. The Bertz CT molecular complexity index is 1600. The van der Waals surface area contributed by atoms with Crippen LogP contribution in [0.15, 0.2) is 81.7 Å². The highest BCUT2D eigenvalue weighted by molar-refractivity contribution is 9.10.